The van der Waals surface area contributed by atoms with Crippen molar-refractivity contribution in [3.8, 4) is 28.5 Å². The predicted molar refractivity (Wildman–Crippen MR) is 108 cm³/mol. The monoisotopic (exact) mass is 469 g/mol. The molecule has 0 aliphatic heterocycles. The highest BCUT2D eigenvalue weighted by Gasteiger charge is 2.17. The number of rotatable bonds is 3. The molecule has 3 heterocycles. The minimum absolute atomic E-state index is 0.728. The normalized spacial score (nSPS) is 10.9. The molecule has 3 aromatic heterocycles. The Hall–Kier alpha value is -2.38. The molecule has 0 saturated carbocycles. The predicted octanol–water partition coefficient (Wildman–Crippen LogP) is 5.22. The van der Waals surface area contributed by atoms with E-state index in [1.54, 1.807) is 12.4 Å². The Bertz CT molecular complexity index is 976. The molecule has 0 atom stereocenters. The van der Waals surface area contributed by atoms with E-state index in [2.05, 4.69) is 83.2 Å². The molecule has 0 saturated heterocycles. The smallest absolute Gasteiger partial charge is 0.170 e. The third kappa shape index (κ3) is 3.32. The molecule has 1 aromatic carbocycles. The lowest BCUT2D eigenvalue weighted by molar-refractivity contribution is 1.06. The zero-order valence-electron chi connectivity index (χ0n) is 13.8. The van der Waals surface area contributed by atoms with Crippen LogP contribution in [-0.4, -0.2) is 24.7 Å². The Labute approximate surface area is 167 Å². The molecular formula is C19H13Br2N5. The van der Waals surface area contributed by atoms with Gasteiger partial charge in [-0.05, 0) is 75.2 Å². The Morgan fingerprint density at radius 2 is 1.19 bits per heavy atom. The van der Waals surface area contributed by atoms with Gasteiger partial charge in [0.2, 0.25) is 0 Å². The quantitative estimate of drug-likeness (QED) is 0.385. The van der Waals surface area contributed by atoms with Crippen LogP contribution in [0.2, 0.25) is 0 Å². The van der Waals surface area contributed by atoms with Gasteiger partial charge >= 0.3 is 0 Å². The van der Waals surface area contributed by atoms with Crippen LogP contribution in [0.3, 0.4) is 0 Å². The number of hydrogen-bond donors (Lipinski definition) is 0. The van der Waals surface area contributed by atoms with Gasteiger partial charge in [0, 0.05) is 29.2 Å². The minimum atomic E-state index is 0.728. The summed E-state index contributed by atoms with van der Waals surface area (Å²) in [5.41, 5.74) is 3.95. The lowest BCUT2D eigenvalue weighted by Gasteiger charge is -2.11. The summed E-state index contributed by atoms with van der Waals surface area (Å²) in [6.07, 6.45) is 3.56. The van der Waals surface area contributed by atoms with E-state index in [9.17, 15) is 0 Å². The van der Waals surface area contributed by atoms with E-state index in [1.807, 2.05) is 28.8 Å². The van der Waals surface area contributed by atoms with Crippen molar-refractivity contribution in [3.05, 3.63) is 75.7 Å². The number of halogens is 2. The molecule has 7 heteroatoms. The van der Waals surface area contributed by atoms with Gasteiger partial charge in [0.1, 0.15) is 9.21 Å². The van der Waals surface area contributed by atoms with Crippen LogP contribution in [0.15, 0.2) is 70.1 Å². The van der Waals surface area contributed by atoms with E-state index >= 15 is 0 Å². The van der Waals surface area contributed by atoms with Crippen molar-refractivity contribution in [2.24, 2.45) is 0 Å². The van der Waals surface area contributed by atoms with Crippen LogP contribution in [0, 0.1) is 6.92 Å². The highest BCUT2D eigenvalue weighted by atomic mass is 79.9. The summed E-state index contributed by atoms with van der Waals surface area (Å²) in [5.74, 6) is 1.46. The number of pyridine rings is 2. The van der Waals surface area contributed by atoms with Crippen LogP contribution < -0.4 is 0 Å². The van der Waals surface area contributed by atoms with Gasteiger partial charge in [0.05, 0.1) is 0 Å². The average molecular weight is 471 g/mol. The van der Waals surface area contributed by atoms with Crippen LogP contribution in [0.5, 0.6) is 0 Å². The topological polar surface area (TPSA) is 56.5 Å². The third-order valence-corrected chi connectivity index (χ3v) is 4.86. The second kappa shape index (κ2) is 7.09. The van der Waals surface area contributed by atoms with Crippen LogP contribution in [0.4, 0.5) is 0 Å². The molecule has 0 bridgehead atoms. The number of hydrogen-bond acceptors (Lipinski definition) is 4. The molecule has 4 rings (SSSR count). The molecule has 0 fully saturated rings. The maximum atomic E-state index is 4.43. The molecule has 5 nitrogen and oxygen atoms in total. The number of aromatic nitrogens is 5. The molecule has 4 aromatic rings. The van der Waals surface area contributed by atoms with Gasteiger partial charge in [-0.15, -0.1) is 10.2 Å². The average Bonchev–Trinajstić information content (AvgIpc) is 3.08. The highest BCUT2D eigenvalue weighted by molar-refractivity contribution is 9.10. The summed E-state index contributed by atoms with van der Waals surface area (Å²) in [6.45, 7) is 2.06. The van der Waals surface area contributed by atoms with Crippen molar-refractivity contribution in [2.75, 3.05) is 0 Å². The second-order valence-electron chi connectivity index (χ2n) is 5.76. The maximum absolute atomic E-state index is 4.43. The summed E-state index contributed by atoms with van der Waals surface area (Å²) in [4.78, 5) is 8.63. The molecular weight excluding hydrogens is 458 g/mol. The Balaban J connectivity index is 1.93. The SMILES string of the molecule is Cc1ccc(-n2c(-c3ccc(Br)nc3)nnc2-c2ccc(Br)nc2)cc1. The van der Waals surface area contributed by atoms with E-state index in [0.29, 0.717) is 0 Å². The largest absolute Gasteiger partial charge is 0.275 e. The standard InChI is InChI=1S/C19H13Br2N5/c1-12-2-6-15(7-3-12)26-18(13-4-8-16(20)22-10-13)24-25-19(26)14-5-9-17(21)23-11-14/h2-11H,1H3. The fourth-order valence-electron chi connectivity index (χ4n) is 2.61. The number of benzene rings is 1. The molecule has 0 N–H and O–H groups in total. The lowest BCUT2D eigenvalue weighted by atomic mass is 10.2. The van der Waals surface area contributed by atoms with E-state index in [4.69, 9.17) is 0 Å². The molecule has 0 unspecified atom stereocenters. The zero-order chi connectivity index (χ0) is 18.1. The van der Waals surface area contributed by atoms with E-state index < -0.39 is 0 Å². The van der Waals surface area contributed by atoms with Crippen molar-refractivity contribution in [1.82, 2.24) is 24.7 Å². The van der Waals surface area contributed by atoms with Crippen LogP contribution in [0.25, 0.3) is 28.5 Å². The molecule has 0 radical (unpaired) electrons. The Morgan fingerprint density at radius 3 is 1.62 bits per heavy atom. The minimum Gasteiger partial charge on any atom is -0.275 e. The summed E-state index contributed by atoms with van der Waals surface area (Å²) < 4.78 is 3.58. The summed E-state index contributed by atoms with van der Waals surface area (Å²) in [6, 6.07) is 16.0. The first-order valence-electron chi connectivity index (χ1n) is 7.88. The van der Waals surface area contributed by atoms with E-state index in [1.165, 1.54) is 5.56 Å². The molecule has 26 heavy (non-hydrogen) atoms. The molecule has 0 amide bonds. The first kappa shape index (κ1) is 17.1. The maximum Gasteiger partial charge on any atom is 0.170 e. The van der Waals surface area contributed by atoms with Gasteiger partial charge in [-0.2, -0.15) is 0 Å². The van der Waals surface area contributed by atoms with Crippen LogP contribution in [-0.2, 0) is 0 Å². The summed E-state index contributed by atoms with van der Waals surface area (Å²) in [7, 11) is 0. The highest BCUT2D eigenvalue weighted by Crippen LogP contribution is 2.28. The van der Waals surface area contributed by atoms with Gasteiger partial charge in [0.25, 0.3) is 0 Å². The molecule has 0 spiro atoms. The molecule has 128 valence electrons. The van der Waals surface area contributed by atoms with Crippen molar-refractivity contribution >= 4 is 31.9 Å². The first-order valence-corrected chi connectivity index (χ1v) is 9.47. The van der Waals surface area contributed by atoms with Crippen molar-refractivity contribution in [2.45, 2.75) is 6.92 Å². The van der Waals surface area contributed by atoms with Crippen LogP contribution >= 0.6 is 31.9 Å². The van der Waals surface area contributed by atoms with Crippen molar-refractivity contribution < 1.29 is 0 Å². The fourth-order valence-corrected chi connectivity index (χ4v) is 3.08. The van der Waals surface area contributed by atoms with Gasteiger partial charge in [-0.25, -0.2) is 9.97 Å². The zero-order valence-corrected chi connectivity index (χ0v) is 16.9. The van der Waals surface area contributed by atoms with Gasteiger partial charge in [0.15, 0.2) is 11.6 Å². The van der Waals surface area contributed by atoms with Crippen molar-refractivity contribution in [3.63, 3.8) is 0 Å². The summed E-state index contributed by atoms with van der Waals surface area (Å²) in [5, 5.41) is 8.86. The second-order valence-corrected chi connectivity index (χ2v) is 7.38. The van der Waals surface area contributed by atoms with E-state index in [0.717, 1.165) is 37.7 Å². The molecule has 0 aliphatic carbocycles. The first-order chi connectivity index (χ1) is 12.6. The number of nitrogens with zero attached hydrogens (tertiary/aromatic N) is 5. The van der Waals surface area contributed by atoms with Gasteiger partial charge in [-0.1, -0.05) is 17.7 Å². The molecule has 0 aliphatic rings. The van der Waals surface area contributed by atoms with Gasteiger partial charge < -0.3 is 0 Å². The van der Waals surface area contributed by atoms with Crippen molar-refractivity contribution in [1.29, 1.82) is 0 Å². The fraction of sp³-hybridized carbons (Fsp3) is 0.0526. The Morgan fingerprint density at radius 1 is 0.692 bits per heavy atom. The van der Waals surface area contributed by atoms with Crippen LogP contribution in [0.1, 0.15) is 5.56 Å². The van der Waals surface area contributed by atoms with Gasteiger partial charge in [-0.3, -0.25) is 4.57 Å². The number of aryl methyl sites for hydroxylation is 1. The third-order valence-electron chi connectivity index (χ3n) is 3.93. The Kier molecular flexibility index (Phi) is 4.65. The summed E-state index contributed by atoms with van der Waals surface area (Å²) >= 11 is 6.74. The van der Waals surface area contributed by atoms with E-state index in [-0.39, 0.29) is 0 Å². The lowest BCUT2D eigenvalue weighted by Crippen LogP contribution is -2.01.